The van der Waals surface area contributed by atoms with Crippen LogP contribution in [-0.4, -0.2) is 34.4 Å². The van der Waals surface area contributed by atoms with Crippen LogP contribution in [-0.2, 0) is 29.5 Å². The topological polar surface area (TPSA) is 71.1 Å². The first-order valence-corrected chi connectivity index (χ1v) is 13.6. The Balaban J connectivity index is 0.000000379. The monoisotopic (exact) mass is 507 g/mol. The zero-order valence-electron chi connectivity index (χ0n) is 19.7. The number of halogens is 2. The zero-order valence-corrected chi connectivity index (χ0v) is 21.3. The van der Waals surface area contributed by atoms with Crippen molar-refractivity contribution in [1.82, 2.24) is 15.6 Å². The first kappa shape index (κ1) is 27.8. The molecular formula is C25H31F2N3O2S2. The summed E-state index contributed by atoms with van der Waals surface area (Å²) >= 11 is 1.38. The van der Waals surface area contributed by atoms with Gasteiger partial charge in [0.1, 0.15) is 22.3 Å². The maximum absolute atomic E-state index is 12.2. The summed E-state index contributed by atoms with van der Waals surface area (Å²) in [7, 11) is -0.936. The molecule has 1 heterocycles. The number of rotatable bonds is 10. The summed E-state index contributed by atoms with van der Waals surface area (Å²) in [5.74, 6) is -0.804. The third-order valence-corrected chi connectivity index (χ3v) is 6.37. The smallest absolute Gasteiger partial charge is 0.270 e. The summed E-state index contributed by atoms with van der Waals surface area (Å²) in [6.45, 7) is 6.08. The molecule has 0 saturated heterocycles. The second-order valence-electron chi connectivity index (χ2n) is 7.75. The molecule has 0 aliphatic heterocycles. The fraction of sp³-hybridized carbons (Fsp3) is 0.360. The van der Waals surface area contributed by atoms with Crippen molar-refractivity contribution in [3.05, 3.63) is 86.9 Å². The molecule has 1 unspecified atom stereocenters. The van der Waals surface area contributed by atoms with Crippen molar-refractivity contribution in [2.45, 2.75) is 39.0 Å². The van der Waals surface area contributed by atoms with Crippen molar-refractivity contribution in [1.29, 1.82) is 0 Å². The van der Waals surface area contributed by atoms with E-state index < -0.39 is 22.4 Å². The molecule has 184 valence electrons. The largest absolute Gasteiger partial charge is 0.351 e. The normalized spacial score (nSPS) is 11.4. The Labute approximate surface area is 206 Å². The van der Waals surface area contributed by atoms with Crippen LogP contribution in [0.15, 0.2) is 47.8 Å². The van der Waals surface area contributed by atoms with Gasteiger partial charge in [-0.2, -0.15) is 0 Å². The fourth-order valence-electron chi connectivity index (χ4n) is 3.05. The first-order chi connectivity index (χ1) is 16.3. The molecule has 3 aromatic rings. The highest BCUT2D eigenvalue weighted by Gasteiger charge is 2.10. The van der Waals surface area contributed by atoms with Crippen LogP contribution in [0.25, 0.3) is 0 Å². The molecule has 0 spiro atoms. The van der Waals surface area contributed by atoms with Gasteiger partial charge in [0.15, 0.2) is 0 Å². The molecule has 0 radical (unpaired) electrons. The van der Waals surface area contributed by atoms with Crippen molar-refractivity contribution >= 4 is 28.0 Å². The maximum atomic E-state index is 12.2. The van der Waals surface area contributed by atoms with E-state index >= 15 is 0 Å². The van der Waals surface area contributed by atoms with Gasteiger partial charge in [-0.1, -0.05) is 31.2 Å². The Morgan fingerprint density at radius 3 is 2.44 bits per heavy atom. The number of benzene rings is 2. The van der Waals surface area contributed by atoms with Gasteiger partial charge in [0.25, 0.3) is 5.91 Å². The van der Waals surface area contributed by atoms with E-state index in [0.29, 0.717) is 23.6 Å². The SMILES string of the molecule is CCc1cccc(CNCCCNC(=O)c2csc(CS(C)=O)n2)c1.Cc1cc(F)cc(F)c1. The summed E-state index contributed by atoms with van der Waals surface area (Å²) in [6, 6.07) is 12.0. The van der Waals surface area contributed by atoms with E-state index in [-0.39, 0.29) is 5.91 Å². The van der Waals surface area contributed by atoms with Crippen LogP contribution in [0, 0.1) is 18.6 Å². The lowest BCUT2D eigenvalue weighted by molar-refractivity contribution is 0.0948. The van der Waals surface area contributed by atoms with Gasteiger partial charge in [0.05, 0.1) is 5.75 Å². The molecule has 0 bridgehead atoms. The van der Waals surface area contributed by atoms with E-state index in [4.69, 9.17) is 0 Å². The molecule has 2 N–H and O–H groups in total. The minimum atomic E-state index is -0.936. The van der Waals surface area contributed by atoms with Crippen LogP contribution in [0.5, 0.6) is 0 Å². The van der Waals surface area contributed by atoms with Crippen molar-refractivity contribution in [3.63, 3.8) is 0 Å². The number of hydrogen-bond donors (Lipinski definition) is 2. The quantitative estimate of drug-likeness (QED) is 0.388. The highest BCUT2D eigenvalue weighted by molar-refractivity contribution is 7.83. The minimum absolute atomic E-state index is 0.167. The number of nitrogens with one attached hydrogen (secondary N) is 2. The van der Waals surface area contributed by atoms with Gasteiger partial charge < -0.3 is 10.6 Å². The molecular weight excluding hydrogens is 476 g/mol. The Bertz CT molecular complexity index is 1040. The third-order valence-electron chi connectivity index (χ3n) is 4.66. The van der Waals surface area contributed by atoms with Gasteiger partial charge in [-0.05, 0) is 55.1 Å². The molecule has 9 heteroatoms. The molecule has 0 aliphatic rings. The highest BCUT2D eigenvalue weighted by atomic mass is 32.2. The number of thiazole rings is 1. The number of carbonyl (C=O) groups excluding carboxylic acids is 1. The molecule has 0 fully saturated rings. The van der Waals surface area contributed by atoms with Gasteiger partial charge >= 0.3 is 0 Å². The van der Waals surface area contributed by atoms with Gasteiger partial charge in [0.2, 0.25) is 0 Å². The summed E-state index contributed by atoms with van der Waals surface area (Å²) in [5, 5.41) is 8.72. The zero-order chi connectivity index (χ0) is 24.9. The number of aryl methyl sites for hydroxylation is 2. The Morgan fingerprint density at radius 2 is 1.79 bits per heavy atom. The van der Waals surface area contributed by atoms with Crippen LogP contribution >= 0.6 is 11.3 Å². The summed E-state index contributed by atoms with van der Waals surface area (Å²) in [4.78, 5) is 16.2. The number of nitrogens with zero attached hydrogens (tertiary/aromatic N) is 1. The van der Waals surface area contributed by atoms with Crippen molar-refractivity contribution in [2.24, 2.45) is 0 Å². The van der Waals surface area contributed by atoms with E-state index in [1.54, 1.807) is 18.6 Å². The number of carbonyl (C=O) groups is 1. The van der Waals surface area contributed by atoms with Gasteiger partial charge in [-0.15, -0.1) is 11.3 Å². The predicted octanol–water partition coefficient (Wildman–Crippen LogP) is 4.77. The standard InChI is InChI=1S/C18H25N3O2S2.C7H6F2/c1-3-14-6-4-7-15(10-14)11-19-8-5-9-20-18(22)16-12-24-17(21-16)13-25(2)23;1-5-2-6(8)4-7(9)3-5/h4,6-7,10,12,19H,3,5,8-9,11,13H2,1-2H3,(H,20,22);2-4H,1H3. The molecule has 3 rings (SSSR count). The maximum Gasteiger partial charge on any atom is 0.270 e. The molecule has 34 heavy (non-hydrogen) atoms. The van der Waals surface area contributed by atoms with E-state index in [9.17, 15) is 17.8 Å². The molecule has 2 aromatic carbocycles. The van der Waals surface area contributed by atoms with Gasteiger partial charge in [-0.3, -0.25) is 9.00 Å². The lowest BCUT2D eigenvalue weighted by atomic mass is 10.1. The van der Waals surface area contributed by atoms with Gasteiger partial charge in [0, 0.05) is 41.6 Å². The van der Waals surface area contributed by atoms with Gasteiger partial charge in [-0.25, -0.2) is 13.8 Å². The summed E-state index contributed by atoms with van der Waals surface area (Å²) in [5.41, 5.74) is 3.65. The summed E-state index contributed by atoms with van der Waals surface area (Å²) in [6.07, 6.45) is 3.54. The molecule has 5 nitrogen and oxygen atoms in total. The number of amides is 1. The first-order valence-electron chi connectivity index (χ1n) is 11.0. The number of aromatic nitrogens is 1. The van der Waals surface area contributed by atoms with Crippen LogP contribution < -0.4 is 10.6 Å². The van der Waals surface area contributed by atoms with Crippen LogP contribution in [0.3, 0.4) is 0 Å². The second-order valence-corrected chi connectivity index (χ2v) is 10.1. The Kier molecular flexibility index (Phi) is 12.0. The average Bonchev–Trinajstić information content (AvgIpc) is 3.23. The molecule has 1 amide bonds. The van der Waals surface area contributed by atoms with Crippen LogP contribution in [0.4, 0.5) is 8.78 Å². The second kappa shape index (κ2) is 14.7. The van der Waals surface area contributed by atoms with E-state index in [0.717, 1.165) is 37.0 Å². The van der Waals surface area contributed by atoms with E-state index in [1.807, 2.05) is 0 Å². The lowest BCUT2D eigenvalue weighted by Gasteiger charge is -2.07. The van der Waals surface area contributed by atoms with Crippen molar-refractivity contribution < 1.29 is 17.8 Å². The van der Waals surface area contributed by atoms with Crippen LogP contribution in [0.2, 0.25) is 0 Å². The fourth-order valence-corrected chi connectivity index (χ4v) is 4.79. The van der Waals surface area contributed by atoms with E-state index in [1.165, 1.54) is 34.6 Å². The molecule has 1 atom stereocenters. The van der Waals surface area contributed by atoms with Crippen molar-refractivity contribution in [2.75, 3.05) is 19.3 Å². The Hall–Kier alpha value is -2.49. The van der Waals surface area contributed by atoms with Crippen molar-refractivity contribution in [3.8, 4) is 0 Å². The van der Waals surface area contributed by atoms with E-state index in [2.05, 4.69) is 46.8 Å². The predicted molar refractivity (Wildman–Crippen MR) is 135 cm³/mol. The Morgan fingerprint density at radius 1 is 1.09 bits per heavy atom. The average molecular weight is 508 g/mol. The third kappa shape index (κ3) is 10.6. The highest BCUT2D eigenvalue weighted by Crippen LogP contribution is 2.11. The lowest BCUT2D eigenvalue weighted by Crippen LogP contribution is -2.27. The van der Waals surface area contributed by atoms with Crippen LogP contribution in [0.1, 0.15) is 45.5 Å². The summed E-state index contributed by atoms with van der Waals surface area (Å²) < 4.78 is 35.5. The molecule has 0 aliphatic carbocycles. The molecule has 1 aromatic heterocycles. The number of hydrogen-bond acceptors (Lipinski definition) is 5. The molecule has 0 saturated carbocycles. The minimum Gasteiger partial charge on any atom is -0.351 e.